The smallest absolute Gasteiger partial charge is 0.335 e. The maximum absolute atomic E-state index is 11.5. The third kappa shape index (κ3) is 4.56. The highest BCUT2D eigenvalue weighted by Crippen LogP contribution is 2.21. The monoisotopic (exact) mass is 301 g/mol. The number of esters is 1. The Kier molecular flexibility index (Phi) is 5.91. The van der Waals surface area contributed by atoms with Crippen molar-refractivity contribution in [1.82, 2.24) is 4.98 Å². The Hall–Kier alpha value is -2.40. The Labute approximate surface area is 129 Å². The average molecular weight is 301 g/mol. The largest absolute Gasteiger partial charge is 0.487 e. The molecule has 0 spiro atoms. The third-order valence-electron chi connectivity index (χ3n) is 3.05. The first-order chi connectivity index (χ1) is 10.7. The van der Waals surface area contributed by atoms with E-state index in [2.05, 4.69) is 4.98 Å². The van der Waals surface area contributed by atoms with Gasteiger partial charge in [0.25, 0.3) is 0 Å². The van der Waals surface area contributed by atoms with Gasteiger partial charge in [-0.2, -0.15) is 0 Å². The Balaban J connectivity index is 2.02. The minimum absolute atomic E-state index is 0.150. The van der Waals surface area contributed by atoms with E-state index >= 15 is 0 Å². The number of carbonyl (C=O) groups is 1. The van der Waals surface area contributed by atoms with Crippen molar-refractivity contribution in [3.8, 4) is 5.75 Å². The van der Waals surface area contributed by atoms with Crippen LogP contribution in [0.1, 0.15) is 18.2 Å². The van der Waals surface area contributed by atoms with E-state index in [0.29, 0.717) is 12.4 Å². The molecule has 0 saturated heterocycles. The summed E-state index contributed by atoms with van der Waals surface area (Å²) in [6, 6.07) is 12.9. The number of benzene rings is 1. The third-order valence-corrected chi connectivity index (χ3v) is 3.05. The summed E-state index contributed by atoms with van der Waals surface area (Å²) in [7, 11) is 0. The van der Waals surface area contributed by atoms with Gasteiger partial charge in [-0.15, -0.1) is 0 Å². The minimum Gasteiger partial charge on any atom is -0.487 e. The number of rotatable bonds is 7. The van der Waals surface area contributed by atoms with E-state index in [1.165, 1.54) is 0 Å². The number of aliphatic hydroxyl groups is 1. The van der Waals surface area contributed by atoms with Gasteiger partial charge in [-0.3, -0.25) is 4.98 Å². The number of hydrogen-bond acceptors (Lipinski definition) is 5. The molecule has 0 bridgehead atoms. The standard InChI is InChI=1S/C17H19NO4/c1-2-21-17(20)15(19)11-13-7-3-4-9-16(13)22-12-14-8-5-6-10-18-14/h3-10,15,19H,2,11-12H2,1H3/t15-/m1/s1. The lowest BCUT2D eigenvalue weighted by Crippen LogP contribution is -2.25. The van der Waals surface area contributed by atoms with Crippen LogP contribution in [0.3, 0.4) is 0 Å². The number of para-hydroxylation sites is 1. The van der Waals surface area contributed by atoms with Crippen LogP contribution in [0.15, 0.2) is 48.7 Å². The van der Waals surface area contributed by atoms with Crippen molar-refractivity contribution in [1.29, 1.82) is 0 Å². The molecule has 0 aliphatic carbocycles. The van der Waals surface area contributed by atoms with Crippen LogP contribution in [-0.4, -0.2) is 28.8 Å². The number of aromatic nitrogens is 1. The summed E-state index contributed by atoms with van der Waals surface area (Å²) in [5.41, 5.74) is 1.56. The normalized spacial score (nSPS) is 11.7. The number of carbonyl (C=O) groups excluding carboxylic acids is 1. The second-order valence-corrected chi connectivity index (χ2v) is 4.69. The maximum Gasteiger partial charge on any atom is 0.335 e. The van der Waals surface area contributed by atoms with Crippen molar-refractivity contribution in [2.45, 2.75) is 26.1 Å². The predicted octanol–water partition coefficient (Wildman–Crippen LogP) is 2.13. The van der Waals surface area contributed by atoms with Crippen molar-refractivity contribution in [3.05, 3.63) is 59.9 Å². The molecule has 0 aliphatic heterocycles. The fourth-order valence-electron chi connectivity index (χ4n) is 1.98. The van der Waals surface area contributed by atoms with E-state index in [0.717, 1.165) is 11.3 Å². The average Bonchev–Trinajstić information content (AvgIpc) is 2.55. The van der Waals surface area contributed by atoms with Gasteiger partial charge >= 0.3 is 5.97 Å². The van der Waals surface area contributed by atoms with Gasteiger partial charge in [0.1, 0.15) is 12.4 Å². The molecule has 116 valence electrons. The van der Waals surface area contributed by atoms with Gasteiger partial charge in [0.2, 0.25) is 0 Å². The summed E-state index contributed by atoms with van der Waals surface area (Å²) in [5.74, 6) is -0.00136. The topological polar surface area (TPSA) is 68.7 Å². The number of pyridine rings is 1. The summed E-state index contributed by atoms with van der Waals surface area (Å²) >= 11 is 0. The van der Waals surface area contributed by atoms with Gasteiger partial charge in [-0.25, -0.2) is 4.79 Å². The Bertz CT molecular complexity index is 601. The molecule has 1 atom stereocenters. The van der Waals surface area contributed by atoms with Crippen LogP contribution in [0.5, 0.6) is 5.75 Å². The molecule has 1 N–H and O–H groups in total. The first-order valence-electron chi connectivity index (χ1n) is 7.16. The van der Waals surface area contributed by atoms with E-state index in [4.69, 9.17) is 9.47 Å². The molecule has 2 rings (SSSR count). The Morgan fingerprint density at radius 3 is 2.73 bits per heavy atom. The van der Waals surface area contributed by atoms with E-state index in [9.17, 15) is 9.90 Å². The highest BCUT2D eigenvalue weighted by atomic mass is 16.5. The molecule has 1 aromatic carbocycles. The second kappa shape index (κ2) is 8.14. The van der Waals surface area contributed by atoms with Gasteiger partial charge in [-0.1, -0.05) is 24.3 Å². The van der Waals surface area contributed by atoms with Gasteiger partial charge < -0.3 is 14.6 Å². The fraction of sp³-hybridized carbons (Fsp3) is 0.294. The summed E-state index contributed by atoms with van der Waals surface area (Å²) in [6.07, 6.45) is 0.659. The summed E-state index contributed by atoms with van der Waals surface area (Å²) in [5, 5.41) is 9.87. The fourth-order valence-corrected chi connectivity index (χ4v) is 1.98. The molecule has 1 heterocycles. The van der Waals surface area contributed by atoms with E-state index in [1.54, 1.807) is 19.2 Å². The zero-order valence-electron chi connectivity index (χ0n) is 12.4. The Morgan fingerprint density at radius 2 is 2.00 bits per heavy atom. The van der Waals surface area contributed by atoms with Gasteiger partial charge in [0, 0.05) is 12.6 Å². The van der Waals surface area contributed by atoms with Gasteiger partial charge in [-0.05, 0) is 30.7 Å². The highest BCUT2D eigenvalue weighted by molar-refractivity contribution is 5.74. The van der Waals surface area contributed by atoms with E-state index in [1.807, 2.05) is 36.4 Å². The molecule has 22 heavy (non-hydrogen) atoms. The lowest BCUT2D eigenvalue weighted by molar-refractivity contribution is -0.152. The zero-order chi connectivity index (χ0) is 15.8. The molecule has 0 radical (unpaired) electrons. The van der Waals surface area contributed by atoms with Crippen LogP contribution in [0, 0.1) is 0 Å². The lowest BCUT2D eigenvalue weighted by atomic mass is 10.1. The van der Waals surface area contributed by atoms with Crippen LogP contribution in [0.4, 0.5) is 0 Å². The lowest BCUT2D eigenvalue weighted by Gasteiger charge is -2.14. The molecule has 2 aromatic rings. The molecular formula is C17H19NO4. The van der Waals surface area contributed by atoms with E-state index in [-0.39, 0.29) is 13.0 Å². The first kappa shape index (κ1) is 16.0. The molecule has 0 unspecified atom stereocenters. The predicted molar refractivity (Wildman–Crippen MR) is 81.4 cm³/mol. The SMILES string of the molecule is CCOC(=O)[C@H](O)Cc1ccccc1OCc1ccccn1. The number of aliphatic hydroxyl groups excluding tert-OH is 1. The zero-order valence-corrected chi connectivity index (χ0v) is 12.4. The highest BCUT2D eigenvalue weighted by Gasteiger charge is 2.18. The van der Waals surface area contributed by atoms with Crippen molar-refractivity contribution in [2.24, 2.45) is 0 Å². The molecular weight excluding hydrogens is 282 g/mol. The van der Waals surface area contributed by atoms with Crippen molar-refractivity contribution < 1.29 is 19.4 Å². The summed E-state index contributed by atoms with van der Waals surface area (Å²) in [6.45, 7) is 2.27. The maximum atomic E-state index is 11.5. The molecule has 0 saturated carbocycles. The van der Waals surface area contributed by atoms with Crippen molar-refractivity contribution in [3.63, 3.8) is 0 Å². The molecule has 5 heteroatoms. The first-order valence-corrected chi connectivity index (χ1v) is 7.16. The molecule has 5 nitrogen and oxygen atoms in total. The summed E-state index contributed by atoms with van der Waals surface area (Å²) < 4.78 is 10.5. The van der Waals surface area contributed by atoms with Crippen LogP contribution in [0.2, 0.25) is 0 Å². The number of hydrogen-bond donors (Lipinski definition) is 1. The van der Waals surface area contributed by atoms with Gasteiger partial charge in [0.15, 0.2) is 6.10 Å². The number of ether oxygens (including phenoxy) is 2. The quantitative estimate of drug-likeness (QED) is 0.793. The van der Waals surface area contributed by atoms with Crippen LogP contribution >= 0.6 is 0 Å². The van der Waals surface area contributed by atoms with Crippen LogP contribution < -0.4 is 4.74 Å². The van der Waals surface area contributed by atoms with E-state index < -0.39 is 12.1 Å². The molecule has 0 amide bonds. The van der Waals surface area contributed by atoms with Crippen molar-refractivity contribution in [2.75, 3.05) is 6.61 Å². The minimum atomic E-state index is -1.19. The van der Waals surface area contributed by atoms with Crippen LogP contribution in [0.25, 0.3) is 0 Å². The second-order valence-electron chi connectivity index (χ2n) is 4.69. The molecule has 0 aliphatic rings. The molecule has 0 fully saturated rings. The summed E-state index contributed by atoms with van der Waals surface area (Å²) in [4.78, 5) is 15.7. The Morgan fingerprint density at radius 1 is 1.23 bits per heavy atom. The molecule has 1 aromatic heterocycles. The van der Waals surface area contributed by atoms with Crippen molar-refractivity contribution >= 4 is 5.97 Å². The van der Waals surface area contributed by atoms with Gasteiger partial charge in [0.05, 0.1) is 12.3 Å². The van der Waals surface area contributed by atoms with Crippen LogP contribution in [-0.2, 0) is 22.6 Å². The number of nitrogens with zero attached hydrogens (tertiary/aromatic N) is 1.